The number of alkyl halides is 3. The van der Waals surface area contributed by atoms with E-state index < -0.39 is 11.7 Å². The molecule has 0 saturated heterocycles. The monoisotopic (exact) mass is 314 g/mol. The van der Waals surface area contributed by atoms with E-state index in [0.717, 1.165) is 37.8 Å². The van der Waals surface area contributed by atoms with Gasteiger partial charge in [0.2, 0.25) is 0 Å². The van der Waals surface area contributed by atoms with Gasteiger partial charge in [-0.15, -0.1) is 0 Å². The number of likely N-dealkylation sites (N-methyl/N-ethyl adjacent to an activating group) is 1. The summed E-state index contributed by atoms with van der Waals surface area (Å²) in [6.45, 7) is 0. The second-order valence-corrected chi connectivity index (χ2v) is 5.97. The van der Waals surface area contributed by atoms with Crippen LogP contribution in [-0.4, -0.2) is 37.0 Å². The number of carbonyl (C=O) groups excluding carboxylic acids is 1. The van der Waals surface area contributed by atoms with E-state index in [1.165, 1.54) is 12.1 Å². The maximum absolute atomic E-state index is 12.5. The summed E-state index contributed by atoms with van der Waals surface area (Å²) in [5.41, 5.74) is -0.482. The number of benzene rings is 1. The first-order valence-corrected chi connectivity index (χ1v) is 7.43. The van der Waals surface area contributed by atoms with E-state index in [4.69, 9.17) is 0 Å². The third-order valence-electron chi connectivity index (χ3n) is 4.18. The van der Waals surface area contributed by atoms with Gasteiger partial charge in [-0.25, -0.2) is 0 Å². The minimum Gasteiger partial charge on any atom is -0.348 e. The van der Waals surface area contributed by atoms with Crippen LogP contribution < -0.4 is 5.32 Å². The Bertz CT molecular complexity index is 511. The van der Waals surface area contributed by atoms with Crippen LogP contribution in [0.25, 0.3) is 0 Å². The highest BCUT2D eigenvalue weighted by Crippen LogP contribution is 2.29. The van der Waals surface area contributed by atoms with Crippen molar-refractivity contribution < 1.29 is 18.0 Å². The molecular formula is C16H21F3N2O. The zero-order valence-corrected chi connectivity index (χ0v) is 12.8. The summed E-state index contributed by atoms with van der Waals surface area (Å²) in [4.78, 5) is 14.3. The van der Waals surface area contributed by atoms with Crippen LogP contribution in [-0.2, 0) is 6.18 Å². The average molecular weight is 314 g/mol. The van der Waals surface area contributed by atoms with Crippen LogP contribution in [0.15, 0.2) is 24.3 Å². The predicted molar refractivity (Wildman–Crippen MR) is 78.6 cm³/mol. The van der Waals surface area contributed by atoms with E-state index in [1.54, 1.807) is 0 Å². The average Bonchev–Trinajstić information content (AvgIpc) is 2.46. The summed E-state index contributed by atoms with van der Waals surface area (Å²) in [6.07, 6.45) is -0.271. The maximum atomic E-state index is 12.5. The highest BCUT2D eigenvalue weighted by atomic mass is 19.4. The molecule has 1 aromatic rings. The van der Waals surface area contributed by atoms with E-state index in [0.29, 0.717) is 0 Å². The fourth-order valence-corrected chi connectivity index (χ4v) is 2.96. The van der Waals surface area contributed by atoms with Crippen LogP contribution in [0.4, 0.5) is 13.2 Å². The van der Waals surface area contributed by atoms with Crippen LogP contribution in [0.5, 0.6) is 0 Å². The van der Waals surface area contributed by atoms with Gasteiger partial charge < -0.3 is 10.2 Å². The maximum Gasteiger partial charge on any atom is 0.416 e. The van der Waals surface area contributed by atoms with Gasteiger partial charge in [-0.2, -0.15) is 13.2 Å². The zero-order valence-electron chi connectivity index (χ0n) is 12.8. The van der Waals surface area contributed by atoms with E-state index in [1.807, 2.05) is 14.1 Å². The molecule has 1 aromatic carbocycles. The molecule has 0 unspecified atom stereocenters. The number of carbonyl (C=O) groups is 1. The lowest BCUT2D eigenvalue weighted by molar-refractivity contribution is -0.137. The first kappa shape index (κ1) is 16.8. The third-order valence-corrected chi connectivity index (χ3v) is 4.18. The summed E-state index contributed by atoms with van der Waals surface area (Å²) in [7, 11) is 3.96. The minimum absolute atomic E-state index is 0.0403. The fraction of sp³-hybridized carbons (Fsp3) is 0.562. The second kappa shape index (κ2) is 6.69. The topological polar surface area (TPSA) is 32.3 Å². The Morgan fingerprint density at radius 2 is 1.73 bits per heavy atom. The molecule has 22 heavy (non-hydrogen) atoms. The molecule has 0 spiro atoms. The standard InChI is InChI=1S/C16H21F3N2O/c1-21(2)14-6-4-3-5-13(14)20-15(22)11-7-9-12(10-8-11)16(17,18)19/h7-10,13-14H,3-6H2,1-2H3,(H,20,22)/t13-,14+/m1/s1. The second-order valence-electron chi connectivity index (χ2n) is 5.97. The van der Waals surface area contributed by atoms with Crippen molar-refractivity contribution in [2.75, 3.05) is 14.1 Å². The Labute approximate surface area is 128 Å². The normalized spacial score (nSPS) is 22.6. The largest absolute Gasteiger partial charge is 0.416 e. The Kier molecular flexibility index (Phi) is 5.11. The molecule has 122 valence electrons. The van der Waals surface area contributed by atoms with Crippen molar-refractivity contribution in [3.63, 3.8) is 0 Å². The van der Waals surface area contributed by atoms with Crippen LogP contribution in [0, 0.1) is 0 Å². The van der Waals surface area contributed by atoms with Crippen LogP contribution in [0.1, 0.15) is 41.6 Å². The van der Waals surface area contributed by atoms with Crippen molar-refractivity contribution in [1.29, 1.82) is 0 Å². The van der Waals surface area contributed by atoms with Gasteiger partial charge in [0.25, 0.3) is 5.91 Å². The van der Waals surface area contributed by atoms with E-state index >= 15 is 0 Å². The van der Waals surface area contributed by atoms with Gasteiger partial charge in [0, 0.05) is 17.6 Å². The first-order chi connectivity index (χ1) is 10.3. The highest BCUT2D eigenvalue weighted by molar-refractivity contribution is 5.94. The number of amides is 1. The van der Waals surface area contributed by atoms with Crippen LogP contribution >= 0.6 is 0 Å². The number of hydrogen-bond acceptors (Lipinski definition) is 2. The lowest BCUT2D eigenvalue weighted by atomic mass is 9.89. The summed E-state index contributed by atoms with van der Waals surface area (Å²) in [5, 5.41) is 2.96. The molecule has 0 heterocycles. The van der Waals surface area contributed by atoms with Gasteiger partial charge >= 0.3 is 6.18 Å². The van der Waals surface area contributed by atoms with Gasteiger partial charge in [0.05, 0.1) is 5.56 Å². The van der Waals surface area contributed by atoms with Crippen molar-refractivity contribution in [2.45, 2.75) is 43.9 Å². The summed E-state index contributed by atoms with van der Waals surface area (Å²) in [6, 6.07) is 4.65. The Hall–Kier alpha value is -1.56. The summed E-state index contributed by atoms with van der Waals surface area (Å²) in [5.74, 6) is -0.313. The smallest absolute Gasteiger partial charge is 0.348 e. The van der Waals surface area contributed by atoms with Gasteiger partial charge in [-0.05, 0) is 51.2 Å². The lowest BCUT2D eigenvalue weighted by Gasteiger charge is -2.36. The number of nitrogens with one attached hydrogen (secondary N) is 1. The number of nitrogens with zero attached hydrogens (tertiary/aromatic N) is 1. The number of rotatable bonds is 3. The quantitative estimate of drug-likeness (QED) is 0.928. The van der Waals surface area contributed by atoms with Crippen molar-refractivity contribution in [2.24, 2.45) is 0 Å². The molecule has 0 aliphatic heterocycles. The highest BCUT2D eigenvalue weighted by Gasteiger charge is 2.31. The molecule has 0 bridgehead atoms. The molecule has 1 fully saturated rings. The van der Waals surface area contributed by atoms with Gasteiger partial charge in [0.1, 0.15) is 0 Å². The molecular weight excluding hydrogens is 293 g/mol. The van der Waals surface area contributed by atoms with E-state index in [-0.39, 0.29) is 23.6 Å². The van der Waals surface area contributed by atoms with Gasteiger partial charge in [0.15, 0.2) is 0 Å². The lowest BCUT2D eigenvalue weighted by Crippen LogP contribution is -2.51. The third kappa shape index (κ3) is 4.00. The van der Waals surface area contributed by atoms with Crippen molar-refractivity contribution in [3.8, 4) is 0 Å². The molecule has 1 N–H and O–H groups in total. The first-order valence-electron chi connectivity index (χ1n) is 7.43. The fourth-order valence-electron chi connectivity index (χ4n) is 2.96. The Morgan fingerprint density at radius 3 is 2.27 bits per heavy atom. The van der Waals surface area contributed by atoms with Crippen LogP contribution in [0.3, 0.4) is 0 Å². The number of hydrogen-bond donors (Lipinski definition) is 1. The Morgan fingerprint density at radius 1 is 1.14 bits per heavy atom. The molecule has 1 saturated carbocycles. The molecule has 0 aromatic heterocycles. The zero-order chi connectivity index (χ0) is 16.3. The summed E-state index contributed by atoms with van der Waals surface area (Å²) >= 11 is 0. The van der Waals surface area contributed by atoms with E-state index in [9.17, 15) is 18.0 Å². The van der Waals surface area contributed by atoms with Crippen molar-refractivity contribution in [3.05, 3.63) is 35.4 Å². The molecule has 1 aliphatic carbocycles. The summed E-state index contributed by atoms with van der Waals surface area (Å²) < 4.78 is 37.6. The van der Waals surface area contributed by atoms with Crippen molar-refractivity contribution >= 4 is 5.91 Å². The van der Waals surface area contributed by atoms with E-state index in [2.05, 4.69) is 10.2 Å². The van der Waals surface area contributed by atoms with Gasteiger partial charge in [-0.3, -0.25) is 4.79 Å². The van der Waals surface area contributed by atoms with Crippen molar-refractivity contribution in [1.82, 2.24) is 10.2 Å². The minimum atomic E-state index is -4.38. The van der Waals surface area contributed by atoms with Gasteiger partial charge in [-0.1, -0.05) is 12.8 Å². The number of halogens is 3. The molecule has 3 nitrogen and oxygen atoms in total. The molecule has 0 radical (unpaired) electrons. The molecule has 2 rings (SSSR count). The molecule has 2 atom stereocenters. The Balaban J connectivity index is 2.05. The SMILES string of the molecule is CN(C)[C@H]1CCCC[C@H]1NC(=O)c1ccc(C(F)(F)F)cc1. The predicted octanol–water partition coefficient (Wildman–Crippen LogP) is 3.31. The molecule has 1 aliphatic rings. The molecule has 6 heteroatoms. The molecule has 1 amide bonds. The van der Waals surface area contributed by atoms with Crippen LogP contribution in [0.2, 0.25) is 0 Å².